The Bertz CT molecular complexity index is 310. The highest BCUT2D eigenvalue weighted by Crippen LogP contribution is 2.25. The second-order valence-corrected chi connectivity index (χ2v) is 4.08. The Kier molecular flexibility index (Phi) is 4.76. The van der Waals surface area contributed by atoms with Gasteiger partial charge in [0, 0.05) is 5.56 Å². The van der Waals surface area contributed by atoms with Crippen molar-refractivity contribution in [3.63, 3.8) is 0 Å². The van der Waals surface area contributed by atoms with E-state index in [0.717, 1.165) is 17.1 Å². The lowest BCUT2D eigenvalue weighted by Gasteiger charge is -2.12. The molecule has 0 spiro atoms. The normalized spacial score (nSPS) is 10.5. The van der Waals surface area contributed by atoms with Crippen LogP contribution in [0.4, 0.5) is 0 Å². The number of rotatable bonds is 5. The first-order valence-corrected chi connectivity index (χ1v) is 5.56. The number of benzene rings is 1. The maximum Gasteiger partial charge on any atom is 0.123 e. The summed E-state index contributed by atoms with van der Waals surface area (Å²) in [4.78, 5) is 0. The number of hydrogen-bond donors (Lipinski definition) is 0. The third-order valence-corrected chi connectivity index (χ3v) is 2.27. The molecular weight excluding hydrogens is 212 g/mol. The van der Waals surface area contributed by atoms with Gasteiger partial charge in [-0.3, -0.25) is 0 Å². The van der Waals surface area contributed by atoms with Crippen LogP contribution in [-0.4, -0.2) is 13.7 Å². The summed E-state index contributed by atoms with van der Waals surface area (Å²) in [6.45, 7) is 4.93. The van der Waals surface area contributed by atoms with Crippen LogP contribution in [0.15, 0.2) is 18.2 Å². The van der Waals surface area contributed by atoms with Crippen LogP contribution in [-0.2, 0) is 5.88 Å². The lowest BCUT2D eigenvalue weighted by molar-refractivity contribution is 0.269. The van der Waals surface area contributed by atoms with Gasteiger partial charge in [0.2, 0.25) is 0 Å². The summed E-state index contributed by atoms with van der Waals surface area (Å²) in [5.41, 5.74) is 0.969. The number of ether oxygens (including phenoxy) is 2. The maximum absolute atomic E-state index is 5.84. The molecule has 3 heteroatoms. The fraction of sp³-hybridized carbons (Fsp3) is 0.500. The van der Waals surface area contributed by atoms with E-state index in [1.54, 1.807) is 7.11 Å². The minimum atomic E-state index is 0.435. The largest absolute Gasteiger partial charge is 0.497 e. The van der Waals surface area contributed by atoms with E-state index in [1.165, 1.54) is 0 Å². The van der Waals surface area contributed by atoms with Gasteiger partial charge in [0.05, 0.1) is 19.6 Å². The Morgan fingerprint density at radius 2 is 2.07 bits per heavy atom. The average molecular weight is 229 g/mol. The van der Waals surface area contributed by atoms with E-state index in [0.29, 0.717) is 18.4 Å². The van der Waals surface area contributed by atoms with Crippen LogP contribution in [0.25, 0.3) is 0 Å². The van der Waals surface area contributed by atoms with E-state index in [1.807, 2.05) is 18.2 Å². The lowest BCUT2D eigenvalue weighted by Crippen LogP contribution is -2.05. The highest BCUT2D eigenvalue weighted by atomic mass is 35.5. The number of alkyl halides is 1. The van der Waals surface area contributed by atoms with Gasteiger partial charge in [-0.05, 0) is 24.1 Å². The SMILES string of the molecule is COc1ccc(OCC(C)C)c(CCl)c1. The van der Waals surface area contributed by atoms with Gasteiger partial charge in [0.1, 0.15) is 11.5 Å². The molecule has 0 radical (unpaired) electrons. The average Bonchev–Trinajstić information content (AvgIpc) is 2.25. The second kappa shape index (κ2) is 5.86. The van der Waals surface area contributed by atoms with Gasteiger partial charge in [-0.2, -0.15) is 0 Å². The first-order chi connectivity index (χ1) is 7.17. The third-order valence-electron chi connectivity index (χ3n) is 1.98. The zero-order valence-electron chi connectivity index (χ0n) is 9.42. The number of halogens is 1. The van der Waals surface area contributed by atoms with E-state index in [-0.39, 0.29) is 0 Å². The molecule has 0 aliphatic carbocycles. The van der Waals surface area contributed by atoms with Crippen LogP contribution in [0, 0.1) is 5.92 Å². The van der Waals surface area contributed by atoms with Gasteiger partial charge in [-0.1, -0.05) is 13.8 Å². The Morgan fingerprint density at radius 1 is 1.33 bits per heavy atom. The molecule has 0 unspecified atom stereocenters. The molecule has 1 aromatic carbocycles. The Balaban J connectivity index is 2.78. The van der Waals surface area contributed by atoms with Crippen LogP contribution in [0.2, 0.25) is 0 Å². The fourth-order valence-electron chi connectivity index (χ4n) is 1.18. The third kappa shape index (κ3) is 3.63. The van der Waals surface area contributed by atoms with Gasteiger partial charge >= 0.3 is 0 Å². The molecule has 1 aromatic rings. The molecule has 0 amide bonds. The Labute approximate surface area is 96.2 Å². The molecule has 0 aliphatic heterocycles. The summed E-state index contributed by atoms with van der Waals surface area (Å²) in [6.07, 6.45) is 0. The quantitative estimate of drug-likeness (QED) is 0.719. The van der Waals surface area contributed by atoms with Crippen LogP contribution in [0.3, 0.4) is 0 Å². The fourth-order valence-corrected chi connectivity index (χ4v) is 1.39. The standard InChI is InChI=1S/C12H17ClO2/c1-9(2)8-15-12-5-4-11(14-3)6-10(12)7-13/h4-6,9H,7-8H2,1-3H3. The van der Waals surface area contributed by atoms with E-state index >= 15 is 0 Å². The molecule has 0 atom stereocenters. The topological polar surface area (TPSA) is 18.5 Å². The van der Waals surface area contributed by atoms with Crippen LogP contribution < -0.4 is 9.47 Å². The molecule has 2 nitrogen and oxygen atoms in total. The molecule has 0 aromatic heterocycles. The maximum atomic E-state index is 5.84. The van der Waals surface area contributed by atoms with E-state index in [2.05, 4.69) is 13.8 Å². The summed E-state index contributed by atoms with van der Waals surface area (Å²) >= 11 is 5.84. The highest BCUT2D eigenvalue weighted by Gasteiger charge is 2.05. The lowest BCUT2D eigenvalue weighted by atomic mass is 10.2. The Hall–Kier alpha value is -0.890. The van der Waals surface area contributed by atoms with Crippen molar-refractivity contribution in [1.29, 1.82) is 0 Å². The molecule has 0 N–H and O–H groups in total. The molecule has 0 saturated heterocycles. The summed E-state index contributed by atoms with van der Waals surface area (Å²) in [5, 5.41) is 0. The monoisotopic (exact) mass is 228 g/mol. The summed E-state index contributed by atoms with van der Waals surface area (Å²) in [5.74, 6) is 2.60. The van der Waals surface area contributed by atoms with Crippen LogP contribution >= 0.6 is 11.6 Å². The van der Waals surface area contributed by atoms with Gasteiger partial charge in [-0.25, -0.2) is 0 Å². The number of methoxy groups -OCH3 is 1. The van der Waals surface area contributed by atoms with Gasteiger partial charge < -0.3 is 9.47 Å². The van der Waals surface area contributed by atoms with Crippen molar-refractivity contribution in [2.24, 2.45) is 5.92 Å². The molecule has 0 bridgehead atoms. The molecule has 1 rings (SSSR count). The summed E-state index contributed by atoms with van der Waals surface area (Å²) < 4.78 is 10.8. The molecule has 84 valence electrons. The van der Waals surface area contributed by atoms with Gasteiger partial charge in [-0.15, -0.1) is 11.6 Å². The van der Waals surface area contributed by atoms with E-state index in [9.17, 15) is 0 Å². The predicted molar refractivity (Wildman–Crippen MR) is 62.9 cm³/mol. The second-order valence-electron chi connectivity index (χ2n) is 3.81. The minimum absolute atomic E-state index is 0.435. The molecule has 0 heterocycles. The van der Waals surface area contributed by atoms with Crippen LogP contribution in [0.5, 0.6) is 11.5 Å². The van der Waals surface area contributed by atoms with E-state index < -0.39 is 0 Å². The van der Waals surface area contributed by atoms with Crippen molar-refractivity contribution in [1.82, 2.24) is 0 Å². The molecule has 0 fully saturated rings. The molecule has 15 heavy (non-hydrogen) atoms. The first-order valence-electron chi connectivity index (χ1n) is 5.03. The summed E-state index contributed by atoms with van der Waals surface area (Å²) in [7, 11) is 1.64. The van der Waals surface area contributed by atoms with Gasteiger partial charge in [0.15, 0.2) is 0 Å². The van der Waals surface area contributed by atoms with E-state index in [4.69, 9.17) is 21.1 Å². The Morgan fingerprint density at radius 3 is 2.60 bits per heavy atom. The predicted octanol–water partition coefficient (Wildman–Crippen LogP) is 3.47. The molecular formula is C12H17ClO2. The van der Waals surface area contributed by atoms with Crippen molar-refractivity contribution >= 4 is 11.6 Å². The van der Waals surface area contributed by atoms with Crippen LogP contribution in [0.1, 0.15) is 19.4 Å². The van der Waals surface area contributed by atoms with Crippen molar-refractivity contribution in [3.05, 3.63) is 23.8 Å². The molecule has 0 saturated carbocycles. The zero-order chi connectivity index (χ0) is 11.3. The van der Waals surface area contributed by atoms with Crippen molar-refractivity contribution in [2.45, 2.75) is 19.7 Å². The molecule has 0 aliphatic rings. The van der Waals surface area contributed by atoms with Crippen molar-refractivity contribution in [2.75, 3.05) is 13.7 Å². The first kappa shape index (κ1) is 12.2. The highest BCUT2D eigenvalue weighted by molar-refractivity contribution is 6.17. The van der Waals surface area contributed by atoms with Crippen molar-refractivity contribution in [3.8, 4) is 11.5 Å². The minimum Gasteiger partial charge on any atom is -0.497 e. The smallest absolute Gasteiger partial charge is 0.123 e. The van der Waals surface area contributed by atoms with Gasteiger partial charge in [0.25, 0.3) is 0 Å². The number of hydrogen-bond acceptors (Lipinski definition) is 2. The van der Waals surface area contributed by atoms with Crippen molar-refractivity contribution < 1.29 is 9.47 Å². The zero-order valence-corrected chi connectivity index (χ0v) is 10.2. The summed E-state index contributed by atoms with van der Waals surface area (Å²) in [6, 6.07) is 5.69.